The van der Waals surface area contributed by atoms with E-state index in [1.54, 1.807) is 0 Å². The molecule has 0 spiro atoms. The molecule has 0 saturated heterocycles. The maximum absolute atomic E-state index is 10.4. The molecule has 0 atom stereocenters. The Morgan fingerprint density at radius 1 is 1.64 bits per heavy atom. The van der Waals surface area contributed by atoms with Crippen LogP contribution in [0.5, 0.6) is 0 Å². The minimum Gasteiger partial charge on any atom is -0.345 e. The van der Waals surface area contributed by atoms with Crippen molar-refractivity contribution in [2.75, 3.05) is 5.75 Å². The lowest BCUT2D eigenvalue weighted by Crippen LogP contribution is -2.00. The fourth-order valence-corrected chi connectivity index (χ4v) is 1.12. The molecular weight excluding hydrogens is 158 g/mol. The average Bonchev–Trinajstić information content (AvgIpc) is 2.47. The molecular formula is C8H11NOS. The molecule has 0 radical (unpaired) electrons. The number of thiol groups is 1. The van der Waals surface area contributed by atoms with Gasteiger partial charge in [0.25, 0.3) is 0 Å². The van der Waals surface area contributed by atoms with Gasteiger partial charge in [0, 0.05) is 12.7 Å². The highest BCUT2D eigenvalue weighted by molar-refractivity contribution is 7.80. The van der Waals surface area contributed by atoms with E-state index >= 15 is 0 Å². The first kappa shape index (κ1) is 8.40. The third kappa shape index (κ3) is 2.12. The van der Waals surface area contributed by atoms with Crippen LogP contribution in [0.15, 0.2) is 18.3 Å². The highest BCUT2D eigenvalue weighted by Gasteiger charge is 1.96. The summed E-state index contributed by atoms with van der Waals surface area (Å²) in [5.74, 6) is 0.858. The van der Waals surface area contributed by atoms with Crippen molar-refractivity contribution in [3.8, 4) is 0 Å². The van der Waals surface area contributed by atoms with Crippen LogP contribution in [0.4, 0.5) is 0 Å². The van der Waals surface area contributed by atoms with E-state index in [1.807, 2.05) is 22.9 Å². The van der Waals surface area contributed by atoms with Crippen LogP contribution in [-0.2, 0) is 6.54 Å². The monoisotopic (exact) mass is 169 g/mol. The van der Waals surface area contributed by atoms with Crippen LogP contribution in [-0.4, -0.2) is 16.6 Å². The number of carbonyl (C=O) groups is 1. The van der Waals surface area contributed by atoms with Gasteiger partial charge in [0.1, 0.15) is 0 Å². The molecule has 1 aromatic heterocycles. The second-order valence-electron chi connectivity index (χ2n) is 2.32. The van der Waals surface area contributed by atoms with Crippen molar-refractivity contribution in [1.29, 1.82) is 0 Å². The molecule has 0 aromatic carbocycles. The zero-order valence-corrected chi connectivity index (χ0v) is 7.13. The van der Waals surface area contributed by atoms with E-state index in [2.05, 4.69) is 12.6 Å². The van der Waals surface area contributed by atoms with E-state index in [4.69, 9.17) is 0 Å². The Kier molecular flexibility index (Phi) is 3.23. The molecule has 0 unspecified atom stereocenters. The summed E-state index contributed by atoms with van der Waals surface area (Å²) < 4.78 is 1.93. The van der Waals surface area contributed by atoms with Gasteiger partial charge in [0.15, 0.2) is 6.29 Å². The van der Waals surface area contributed by atoms with Gasteiger partial charge in [-0.2, -0.15) is 12.6 Å². The number of nitrogens with zero attached hydrogens (tertiary/aromatic N) is 1. The predicted molar refractivity (Wildman–Crippen MR) is 48.3 cm³/mol. The standard InChI is InChI=1S/C8H11NOS/c10-7-8-3-1-4-9(8)5-2-6-11/h1,3-4,7,11H,2,5-6H2. The van der Waals surface area contributed by atoms with Gasteiger partial charge < -0.3 is 4.57 Å². The van der Waals surface area contributed by atoms with Gasteiger partial charge in [0.2, 0.25) is 0 Å². The molecule has 0 aliphatic carbocycles. The highest BCUT2D eigenvalue weighted by atomic mass is 32.1. The fraction of sp³-hybridized carbons (Fsp3) is 0.375. The highest BCUT2D eigenvalue weighted by Crippen LogP contribution is 2.00. The lowest BCUT2D eigenvalue weighted by molar-refractivity contribution is 0.111. The van der Waals surface area contributed by atoms with Crippen LogP contribution in [0.3, 0.4) is 0 Å². The van der Waals surface area contributed by atoms with E-state index in [1.165, 1.54) is 0 Å². The summed E-state index contributed by atoms with van der Waals surface area (Å²) in [5, 5.41) is 0. The van der Waals surface area contributed by atoms with Crippen molar-refractivity contribution in [3.05, 3.63) is 24.0 Å². The molecule has 2 nitrogen and oxygen atoms in total. The topological polar surface area (TPSA) is 22.0 Å². The molecule has 0 amide bonds. The average molecular weight is 169 g/mol. The number of aryl methyl sites for hydroxylation is 1. The van der Waals surface area contributed by atoms with Crippen molar-refractivity contribution in [1.82, 2.24) is 4.57 Å². The van der Waals surface area contributed by atoms with Gasteiger partial charge in [-0.1, -0.05) is 0 Å². The summed E-state index contributed by atoms with van der Waals surface area (Å²) in [4.78, 5) is 10.4. The van der Waals surface area contributed by atoms with Crippen molar-refractivity contribution in [3.63, 3.8) is 0 Å². The van der Waals surface area contributed by atoms with Gasteiger partial charge in [-0.3, -0.25) is 4.79 Å². The molecule has 0 saturated carbocycles. The van der Waals surface area contributed by atoms with Crippen LogP contribution < -0.4 is 0 Å². The van der Waals surface area contributed by atoms with Crippen LogP contribution in [0, 0.1) is 0 Å². The normalized spacial score (nSPS) is 9.91. The summed E-state index contributed by atoms with van der Waals surface area (Å²) in [6.07, 6.45) is 3.78. The molecule has 11 heavy (non-hydrogen) atoms. The summed E-state index contributed by atoms with van der Waals surface area (Å²) in [5.41, 5.74) is 0.742. The maximum atomic E-state index is 10.4. The summed E-state index contributed by atoms with van der Waals surface area (Å²) in [7, 11) is 0. The van der Waals surface area contributed by atoms with Crippen LogP contribution in [0.1, 0.15) is 16.9 Å². The molecule has 0 aliphatic rings. The third-order valence-electron chi connectivity index (χ3n) is 1.54. The summed E-state index contributed by atoms with van der Waals surface area (Å²) in [6, 6.07) is 3.69. The van der Waals surface area contributed by atoms with Crippen molar-refractivity contribution in [2.45, 2.75) is 13.0 Å². The van der Waals surface area contributed by atoms with E-state index in [0.29, 0.717) is 0 Å². The Balaban J connectivity index is 2.61. The molecule has 0 N–H and O–H groups in total. The van der Waals surface area contributed by atoms with Crippen LogP contribution in [0.25, 0.3) is 0 Å². The van der Waals surface area contributed by atoms with Crippen molar-refractivity contribution in [2.24, 2.45) is 0 Å². The first-order chi connectivity index (χ1) is 5.38. The second kappa shape index (κ2) is 4.23. The second-order valence-corrected chi connectivity index (χ2v) is 2.77. The number of hydrogen-bond acceptors (Lipinski definition) is 2. The first-order valence-electron chi connectivity index (χ1n) is 3.59. The molecule has 0 bridgehead atoms. The smallest absolute Gasteiger partial charge is 0.166 e. The lowest BCUT2D eigenvalue weighted by atomic mass is 10.4. The van der Waals surface area contributed by atoms with Crippen molar-refractivity contribution >= 4 is 18.9 Å². The number of carbonyl (C=O) groups excluding carboxylic acids is 1. The minimum absolute atomic E-state index is 0.742. The van der Waals surface area contributed by atoms with Gasteiger partial charge in [-0.15, -0.1) is 0 Å². The van der Waals surface area contributed by atoms with Crippen LogP contribution >= 0.6 is 12.6 Å². The lowest BCUT2D eigenvalue weighted by Gasteiger charge is -2.01. The molecule has 1 rings (SSSR count). The zero-order chi connectivity index (χ0) is 8.10. The maximum Gasteiger partial charge on any atom is 0.166 e. The molecule has 1 heterocycles. The Morgan fingerprint density at radius 3 is 3.09 bits per heavy atom. The van der Waals surface area contributed by atoms with E-state index in [9.17, 15) is 4.79 Å². The molecule has 0 fully saturated rings. The van der Waals surface area contributed by atoms with Crippen LogP contribution in [0.2, 0.25) is 0 Å². The Hall–Kier alpha value is -0.700. The van der Waals surface area contributed by atoms with Gasteiger partial charge in [0.05, 0.1) is 5.69 Å². The van der Waals surface area contributed by atoms with Gasteiger partial charge in [-0.05, 0) is 24.3 Å². The first-order valence-corrected chi connectivity index (χ1v) is 4.23. The predicted octanol–water partition coefficient (Wildman–Crippen LogP) is 1.62. The number of hydrogen-bond donors (Lipinski definition) is 1. The van der Waals surface area contributed by atoms with Gasteiger partial charge >= 0.3 is 0 Å². The quantitative estimate of drug-likeness (QED) is 0.537. The van der Waals surface area contributed by atoms with E-state index < -0.39 is 0 Å². The Labute approximate surface area is 71.6 Å². The minimum atomic E-state index is 0.742. The largest absolute Gasteiger partial charge is 0.345 e. The van der Waals surface area contributed by atoms with E-state index in [0.717, 1.165) is 30.7 Å². The third-order valence-corrected chi connectivity index (χ3v) is 1.86. The summed E-state index contributed by atoms with van der Waals surface area (Å²) >= 11 is 4.09. The van der Waals surface area contributed by atoms with E-state index in [-0.39, 0.29) is 0 Å². The number of rotatable bonds is 4. The van der Waals surface area contributed by atoms with Crippen molar-refractivity contribution < 1.29 is 4.79 Å². The molecule has 60 valence electrons. The summed E-state index contributed by atoms with van der Waals surface area (Å²) in [6.45, 7) is 0.880. The zero-order valence-electron chi connectivity index (χ0n) is 6.23. The Morgan fingerprint density at radius 2 is 2.45 bits per heavy atom. The Bertz CT molecular complexity index is 232. The van der Waals surface area contributed by atoms with Gasteiger partial charge in [-0.25, -0.2) is 0 Å². The number of aromatic nitrogens is 1. The molecule has 3 heteroatoms. The molecule has 1 aromatic rings. The molecule has 0 aliphatic heterocycles. The SMILES string of the molecule is O=Cc1cccn1CCCS. The number of aldehydes is 1. The fourth-order valence-electron chi connectivity index (χ4n) is 0.979.